The number of hydrogen-bond donors (Lipinski definition) is 2. The van der Waals surface area contributed by atoms with Crippen LogP contribution in [0.15, 0.2) is 24.3 Å². The van der Waals surface area contributed by atoms with Gasteiger partial charge in [0.1, 0.15) is 11.2 Å². The van der Waals surface area contributed by atoms with Gasteiger partial charge >= 0.3 is 0 Å². The first kappa shape index (κ1) is 18.0. The van der Waals surface area contributed by atoms with Crippen molar-refractivity contribution in [1.29, 1.82) is 0 Å². The Hall–Kier alpha value is -2.04. The van der Waals surface area contributed by atoms with Crippen molar-refractivity contribution in [1.82, 2.24) is 10.6 Å². The molecule has 1 rings (SSSR count). The molecule has 0 saturated heterocycles. The highest BCUT2D eigenvalue weighted by Gasteiger charge is 2.35. The third-order valence-electron chi connectivity index (χ3n) is 3.50. The molecule has 122 valence electrons. The number of hydrogen-bond acceptors (Lipinski definition) is 3. The number of amides is 2. The molecule has 0 fully saturated rings. The van der Waals surface area contributed by atoms with E-state index in [1.807, 2.05) is 31.2 Å². The lowest BCUT2D eigenvalue weighted by molar-refractivity contribution is -0.141. The Labute approximate surface area is 132 Å². The fourth-order valence-electron chi connectivity index (χ4n) is 1.93. The van der Waals surface area contributed by atoms with E-state index in [9.17, 15) is 9.59 Å². The standard InChI is InChI=1S/C17H26N2O3/c1-5-10-18-15(20)17(2,3)16(21)19-11-9-13-7-6-8-14(12-13)22-4/h6-8,12H,5,9-11H2,1-4H3,(H,18,20)(H,19,21). The van der Waals surface area contributed by atoms with Gasteiger partial charge in [0.2, 0.25) is 11.8 Å². The van der Waals surface area contributed by atoms with Crippen molar-refractivity contribution in [3.8, 4) is 5.75 Å². The maximum Gasteiger partial charge on any atom is 0.235 e. The van der Waals surface area contributed by atoms with E-state index in [4.69, 9.17) is 4.74 Å². The van der Waals surface area contributed by atoms with Gasteiger partial charge in [-0.2, -0.15) is 0 Å². The first-order chi connectivity index (χ1) is 10.4. The van der Waals surface area contributed by atoms with Crippen LogP contribution in [0, 0.1) is 5.41 Å². The van der Waals surface area contributed by atoms with Crippen LogP contribution in [0.5, 0.6) is 5.75 Å². The topological polar surface area (TPSA) is 67.4 Å². The van der Waals surface area contributed by atoms with E-state index in [0.29, 0.717) is 19.5 Å². The minimum absolute atomic E-state index is 0.242. The molecule has 1 aromatic carbocycles. The molecule has 0 spiro atoms. The lowest BCUT2D eigenvalue weighted by Crippen LogP contribution is -2.48. The summed E-state index contributed by atoms with van der Waals surface area (Å²) in [6.45, 7) is 6.31. The maximum absolute atomic E-state index is 12.2. The fraction of sp³-hybridized carbons (Fsp3) is 0.529. The summed E-state index contributed by atoms with van der Waals surface area (Å²) in [6.07, 6.45) is 1.54. The predicted octanol–water partition coefficient (Wildman–Crippen LogP) is 1.91. The summed E-state index contributed by atoms with van der Waals surface area (Å²) in [5.41, 5.74) is 0.0108. The zero-order valence-electron chi connectivity index (χ0n) is 13.9. The third-order valence-corrected chi connectivity index (χ3v) is 3.50. The van der Waals surface area contributed by atoms with Crippen molar-refractivity contribution in [3.63, 3.8) is 0 Å². The van der Waals surface area contributed by atoms with Crippen molar-refractivity contribution in [3.05, 3.63) is 29.8 Å². The molecule has 5 heteroatoms. The molecule has 5 nitrogen and oxygen atoms in total. The molecule has 0 aromatic heterocycles. The smallest absolute Gasteiger partial charge is 0.235 e. The fourth-order valence-corrected chi connectivity index (χ4v) is 1.93. The van der Waals surface area contributed by atoms with Gasteiger partial charge in [-0.05, 0) is 44.4 Å². The van der Waals surface area contributed by atoms with E-state index >= 15 is 0 Å². The predicted molar refractivity (Wildman–Crippen MR) is 86.8 cm³/mol. The third kappa shape index (κ3) is 5.06. The van der Waals surface area contributed by atoms with Gasteiger partial charge in [0.05, 0.1) is 7.11 Å². The highest BCUT2D eigenvalue weighted by atomic mass is 16.5. The first-order valence-electron chi connectivity index (χ1n) is 7.61. The molecule has 0 unspecified atom stereocenters. The Balaban J connectivity index is 2.49. The Morgan fingerprint density at radius 1 is 1.14 bits per heavy atom. The van der Waals surface area contributed by atoms with Gasteiger partial charge < -0.3 is 15.4 Å². The molecule has 0 saturated carbocycles. The summed E-state index contributed by atoms with van der Waals surface area (Å²) in [4.78, 5) is 24.2. The second-order valence-corrected chi connectivity index (χ2v) is 5.74. The number of ether oxygens (including phenoxy) is 1. The minimum atomic E-state index is -1.07. The normalized spacial score (nSPS) is 10.9. The maximum atomic E-state index is 12.2. The summed E-state index contributed by atoms with van der Waals surface area (Å²) in [5, 5.41) is 5.59. The average molecular weight is 306 g/mol. The van der Waals surface area contributed by atoms with E-state index in [-0.39, 0.29) is 11.8 Å². The zero-order chi connectivity index (χ0) is 16.6. The van der Waals surface area contributed by atoms with Crippen molar-refractivity contribution in [2.75, 3.05) is 20.2 Å². The monoisotopic (exact) mass is 306 g/mol. The lowest BCUT2D eigenvalue weighted by atomic mass is 9.91. The molecule has 1 aromatic rings. The highest BCUT2D eigenvalue weighted by molar-refractivity contribution is 6.04. The van der Waals surface area contributed by atoms with Gasteiger partial charge in [-0.25, -0.2) is 0 Å². The van der Waals surface area contributed by atoms with Crippen LogP contribution >= 0.6 is 0 Å². The van der Waals surface area contributed by atoms with Gasteiger partial charge in [0.25, 0.3) is 0 Å². The van der Waals surface area contributed by atoms with Crippen LogP contribution < -0.4 is 15.4 Å². The molecule has 0 aliphatic carbocycles. The second kappa shape index (κ2) is 8.41. The molecule has 0 radical (unpaired) electrons. The number of rotatable bonds is 8. The number of methoxy groups -OCH3 is 1. The SMILES string of the molecule is CCCNC(=O)C(C)(C)C(=O)NCCc1cccc(OC)c1. The number of benzene rings is 1. The average Bonchev–Trinajstić information content (AvgIpc) is 2.52. The summed E-state index contributed by atoms with van der Waals surface area (Å²) >= 11 is 0. The Morgan fingerprint density at radius 2 is 1.77 bits per heavy atom. The van der Waals surface area contributed by atoms with E-state index in [2.05, 4.69) is 10.6 Å². The van der Waals surface area contributed by atoms with Crippen molar-refractivity contribution in [2.45, 2.75) is 33.6 Å². The van der Waals surface area contributed by atoms with E-state index in [0.717, 1.165) is 17.7 Å². The minimum Gasteiger partial charge on any atom is -0.497 e. The van der Waals surface area contributed by atoms with Crippen LogP contribution in [-0.4, -0.2) is 32.0 Å². The Morgan fingerprint density at radius 3 is 2.36 bits per heavy atom. The second-order valence-electron chi connectivity index (χ2n) is 5.74. The highest BCUT2D eigenvalue weighted by Crippen LogP contribution is 2.16. The van der Waals surface area contributed by atoms with E-state index < -0.39 is 5.41 Å². The number of carbonyl (C=O) groups excluding carboxylic acids is 2. The van der Waals surface area contributed by atoms with Crippen LogP contribution in [-0.2, 0) is 16.0 Å². The summed E-state index contributed by atoms with van der Waals surface area (Å²) in [6, 6.07) is 7.71. The van der Waals surface area contributed by atoms with Crippen LogP contribution in [0.2, 0.25) is 0 Å². The molecule has 0 aliphatic rings. The largest absolute Gasteiger partial charge is 0.497 e. The quantitative estimate of drug-likeness (QED) is 0.721. The van der Waals surface area contributed by atoms with Gasteiger partial charge in [0.15, 0.2) is 0 Å². The summed E-state index contributed by atoms with van der Waals surface area (Å²) in [5.74, 6) is 0.292. The van der Waals surface area contributed by atoms with Crippen LogP contribution in [0.3, 0.4) is 0 Å². The van der Waals surface area contributed by atoms with Crippen molar-refractivity contribution >= 4 is 11.8 Å². The summed E-state index contributed by atoms with van der Waals surface area (Å²) in [7, 11) is 1.62. The van der Waals surface area contributed by atoms with E-state index in [1.54, 1.807) is 21.0 Å². The number of carbonyl (C=O) groups is 2. The van der Waals surface area contributed by atoms with Crippen LogP contribution in [0.1, 0.15) is 32.8 Å². The Kier molecular flexibility index (Phi) is 6.89. The van der Waals surface area contributed by atoms with E-state index in [1.165, 1.54) is 0 Å². The molecule has 22 heavy (non-hydrogen) atoms. The molecular weight excluding hydrogens is 280 g/mol. The van der Waals surface area contributed by atoms with Crippen molar-refractivity contribution < 1.29 is 14.3 Å². The molecule has 2 N–H and O–H groups in total. The lowest BCUT2D eigenvalue weighted by Gasteiger charge is -2.22. The molecule has 0 heterocycles. The number of nitrogens with one attached hydrogen (secondary N) is 2. The van der Waals surface area contributed by atoms with Crippen LogP contribution in [0.4, 0.5) is 0 Å². The zero-order valence-corrected chi connectivity index (χ0v) is 13.9. The van der Waals surface area contributed by atoms with Gasteiger partial charge in [-0.15, -0.1) is 0 Å². The molecule has 0 bridgehead atoms. The molecule has 2 amide bonds. The molecule has 0 atom stereocenters. The van der Waals surface area contributed by atoms with Crippen LogP contribution in [0.25, 0.3) is 0 Å². The molecular formula is C17H26N2O3. The van der Waals surface area contributed by atoms with Gasteiger partial charge in [-0.1, -0.05) is 19.1 Å². The van der Waals surface area contributed by atoms with Gasteiger partial charge in [0, 0.05) is 13.1 Å². The summed E-state index contributed by atoms with van der Waals surface area (Å²) < 4.78 is 5.17. The molecule has 0 aliphatic heterocycles. The van der Waals surface area contributed by atoms with Gasteiger partial charge in [-0.3, -0.25) is 9.59 Å². The first-order valence-corrected chi connectivity index (χ1v) is 7.61. The van der Waals surface area contributed by atoms with Crippen molar-refractivity contribution in [2.24, 2.45) is 5.41 Å². The Bertz CT molecular complexity index is 512.